The zero-order valence-corrected chi connectivity index (χ0v) is 9.10. The molecule has 1 unspecified atom stereocenters. The first kappa shape index (κ1) is 11.1. The molecule has 16 heavy (non-hydrogen) atoms. The number of nitrogens with zero attached hydrogens (tertiary/aromatic N) is 1. The molecule has 88 valence electrons. The van der Waals surface area contributed by atoms with E-state index in [0.29, 0.717) is 12.2 Å². The third-order valence-electron chi connectivity index (χ3n) is 2.96. The summed E-state index contributed by atoms with van der Waals surface area (Å²) in [4.78, 5) is 1.86. The van der Waals surface area contributed by atoms with Crippen LogP contribution < -0.4 is 10.2 Å². The molecule has 0 radical (unpaired) electrons. The van der Waals surface area contributed by atoms with Gasteiger partial charge in [-0.1, -0.05) is 6.07 Å². The van der Waals surface area contributed by atoms with Crippen molar-refractivity contribution in [2.75, 3.05) is 23.8 Å². The summed E-state index contributed by atoms with van der Waals surface area (Å²) >= 11 is 0. The Morgan fingerprint density at radius 3 is 2.69 bits per heavy atom. The Morgan fingerprint density at radius 1 is 1.38 bits per heavy atom. The quantitative estimate of drug-likeness (QED) is 0.737. The van der Waals surface area contributed by atoms with Crippen LogP contribution >= 0.6 is 0 Å². The smallest absolute Gasteiger partial charge is 0.381 e. The van der Waals surface area contributed by atoms with Crippen LogP contribution in [0.2, 0.25) is 0 Å². The summed E-state index contributed by atoms with van der Waals surface area (Å²) < 4.78 is 38.2. The predicted octanol–water partition coefficient (Wildman–Crippen LogP) is 2.96. The van der Waals surface area contributed by atoms with Crippen molar-refractivity contribution in [1.29, 1.82) is 0 Å². The lowest BCUT2D eigenvalue weighted by molar-refractivity contribution is -0.136. The fraction of sp³-hybridized carbons (Fsp3) is 0.455. The first-order valence-corrected chi connectivity index (χ1v) is 5.08. The highest BCUT2D eigenvalue weighted by Crippen LogP contribution is 2.41. The Labute approximate surface area is 92.1 Å². The zero-order valence-electron chi connectivity index (χ0n) is 9.10. The topological polar surface area (TPSA) is 15.3 Å². The number of benzene rings is 1. The molecule has 0 fully saturated rings. The number of hydrogen-bond donors (Lipinski definition) is 1. The van der Waals surface area contributed by atoms with Gasteiger partial charge in [-0.3, -0.25) is 0 Å². The van der Waals surface area contributed by atoms with Gasteiger partial charge < -0.3 is 10.2 Å². The summed E-state index contributed by atoms with van der Waals surface area (Å²) in [5.74, 6) is 0. The number of para-hydroxylation sites is 1. The Kier molecular flexibility index (Phi) is 2.48. The van der Waals surface area contributed by atoms with Crippen LogP contribution in [0, 0.1) is 0 Å². The molecule has 0 amide bonds. The molecule has 5 heteroatoms. The molecule has 0 saturated heterocycles. The monoisotopic (exact) mass is 230 g/mol. The van der Waals surface area contributed by atoms with Crippen molar-refractivity contribution < 1.29 is 13.2 Å². The summed E-state index contributed by atoms with van der Waals surface area (Å²) in [7, 11) is 1.81. The molecule has 0 aromatic heterocycles. The maximum atomic E-state index is 12.7. The minimum Gasteiger partial charge on any atom is -0.381 e. The van der Waals surface area contributed by atoms with E-state index in [1.807, 2.05) is 18.9 Å². The van der Waals surface area contributed by atoms with Crippen molar-refractivity contribution in [3.63, 3.8) is 0 Å². The van der Waals surface area contributed by atoms with E-state index in [1.165, 1.54) is 6.07 Å². The van der Waals surface area contributed by atoms with Gasteiger partial charge in [0.05, 0.1) is 16.9 Å². The maximum absolute atomic E-state index is 12.7. The minimum atomic E-state index is -4.31. The number of likely N-dealkylation sites (N-methyl/N-ethyl adjacent to an activating group) is 1. The normalized spacial score (nSPS) is 20.3. The van der Waals surface area contributed by atoms with Gasteiger partial charge in [-0.25, -0.2) is 0 Å². The van der Waals surface area contributed by atoms with Crippen LogP contribution in [-0.4, -0.2) is 19.6 Å². The van der Waals surface area contributed by atoms with Gasteiger partial charge >= 0.3 is 6.18 Å². The number of alkyl halides is 3. The van der Waals surface area contributed by atoms with Gasteiger partial charge in [0.1, 0.15) is 0 Å². The largest absolute Gasteiger partial charge is 0.418 e. The number of fused-ring (bicyclic) bond motifs is 1. The van der Waals surface area contributed by atoms with Crippen LogP contribution in [0.25, 0.3) is 0 Å². The molecule has 1 aliphatic rings. The fourth-order valence-electron chi connectivity index (χ4n) is 1.88. The molecule has 1 aromatic carbocycles. The molecule has 2 nitrogen and oxygen atoms in total. The number of halogens is 3. The lowest BCUT2D eigenvalue weighted by Crippen LogP contribution is -2.39. The van der Waals surface area contributed by atoms with Crippen molar-refractivity contribution in [3.05, 3.63) is 23.8 Å². The second kappa shape index (κ2) is 3.57. The number of nitrogens with one attached hydrogen (secondary N) is 1. The van der Waals surface area contributed by atoms with E-state index in [9.17, 15) is 13.2 Å². The van der Waals surface area contributed by atoms with Gasteiger partial charge in [0.15, 0.2) is 0 Å². The van der Waals surface area contributed by atoms with Crippen LogP contribution in [0.5, 0.6) is 0 Å². The molecule has 1 N–H and O–H groups in total. The molecule has 1 aromatic rings. The Bertz CT molecular complexity index is 401. The van der Waals surface area contributed by atoms with E-state index in [2.05, 4.69) is 5.32 Å². The molecule has 1 heterocycles. The summed E-state index contributed by atoms with van der Waals surface area (Å²) in [6, 6.07) is 4.44. The van der Waals surface area contributed by atoms with Crippen LogP contribution in [0.1, 0.15) is 12.5 Å². The van der Waals surface area contributed by atoms with E-state index < -0.39 is 11.7 Å². The van der Waals surface area contributed by atoms with Crippen molar-refractivity contribution >= 4 is 11.4 Å². The summed E-state index contributed by atoms with van der Waals surface area (Å²) in [5, 5.41) is 2.86. The molecule has 0 aliphatic carbocycles. The Hall–Kier alpha value is -1.39. The number of rotatable bonds is 0. The van der Waals surface area contributed by atoms with E-state index in [0.717, 1.165) is 6.07 Å². The minimum absolute atomic E-state index is 0.190. The van der Waals surface area contributed by atoms with E-state index in [-0.39, 0.29) is 11.7 Å². The highest BCUT2D eigenvalue weighted by Gasteiger charge is 2.36. The van der Waals surface area contributed by atoms with Gasteiger partial charge in [0, 0.05) is 19.6 Å². The molecule has 0 spiro atoms. The Balaban J connectivity index is 2.53. The molecular weight excluding hydrogens is 217 g/mol. The second-order valence-corrected chi connectivity index (χ2v) is 4.04. The molecule has 1 atom stereocenters. The molecule has 0 saturated carbocycles. The van der Waals surface area contributed by atoms with E-state index in [4.69, 9.17) is 0 Å². The van der Waals surface area contributed by atoms with Crippen molar-refractivity contribution in [3.8, 4) is 0 Å². The lowest BCUT2D eigenvalue weighted by Gasteiger charge is -2.35. The van der Waals surface area contributed by atoms with Crippen LogP contribution in [0.3, 0.4) is 0 Å². The summed E-state index contributed by atoms with van der Waals surface area (Å²) in [5.41, 5.74) is 0.202. The van der Waals surface area contributed by atoms with E-state index >= 15 is 0 Å². The first-order chi connectivity index (χ1) is 7.41. The summed E-state index contributed by atoms with van der Waals surface area (Å²) in [6.45, 7) is 2.49. The third kappa shape index (κ3) is 1.70. The van der Waals surface area contributed by atoms with Crippen molar-refractivity contribution in [2.45, 2.75) is 19.1 Å². The van der Waals surface area contributed by atoms with Gasteiger partial charge in [-0.05, 0) is 19.1 Å². The third-order valence-corrected chi connectivity index (χ3v) is 2.96. The van der Waals surface area contributed by atoms with Crippen molar-refractivity contribution in [1.82, 2.24) is 0 Å². The average Bonchev–Trinajstić information content (AvgIpc) is 2.21. The molecular formula is C11H13F3N2. The van der Waals surface area contributed by atoms with Crippen LogP contribution in [0.4, 0.5) is 24.5 Å². The first-order valence-electron chi connectivity index (χ1n) is 5.08. The Morgan fingerprint density at radius 2 is 2.06 bits per heavy atom. The van der Waals surface area contributed by atoms with Gasteiger partial charge in [-0.2, -0.15) is 13.2 Å². The van der Waals surface area contributed by atoms with E-state index in [1.54, 1.807) is 6.07 Å². The number of hydrogen-bond acceptors (Lipinski definition) is 2. The van der Waals surface area contributed by atoms with Crippen LogP contribution in [-0.2, 0) is 6.18 Å². The fourth-order valence-corrected chi connectivity index (χ4v) is 1.88. The lowest BCUT2D eigenvalue weighted by atomic mass is 10.1. The summed E-state index contributed by atoms with van der Waals surface area (Å²) in [6.07, 6.45) is -4.31. The maximum Gasteiger partial charge on any atom is 0.418 e. The van der Waals surface area contributed by atoms with Crippen molar-refractivity contribution in [2.24, 2.45) is 0 Å². The average molecular weight is 230 g/mol. The highest BCUT2D eigenvalue weighted by atomic mass is 19.4. The highest BCUT2D eigenvalue weighted by molar-refractivity contribution is 5.76. The van der Waals surface area contributed by atoms with Gasteiger partial charge in [-0.15, -0.1) is 0 Å². The van der Waals surface area contributed by atoms with Gasteiger partial charge in [0.2, 0.25) is 0 Å². The zero-order chi connectivity index (χ0) is 11.9. The van der Waals surface area contributed by atoms with Gasteiger partial charge in [0.25, 0.3) is 0 Å². The number of anilines is 2. The second-order valence-electron chi connectivity index (χ2n) is 4.04. The molecule has 1 aliphatic heterocycles. The molecule has 0 bridgehead atoms. The van der Waals surface area contributed by atoms with Crippen LogP contribution in [0.15, 0.2) is 18.2 Å². The SMILES string of the molecule is CC1CNc2c(cccc2C(F)(F)F)N1C. The predicted molar refractivity (Wildman–Crippen MR) is 57.8 cm³/mol. The molecule has 2 rings (SSSR count). The standard InChI is InChI=1S/C11H13F3N2/c1-7-6-15-10-8(11(12,13)14)4-3-5-9(10)16(7)2/h3-5,7,15H,6H2,1-2H3.